The van der Waals surface area contributed by atoms with Crippen LogP contribution in [0.3, 0.4) is 0 Å². The molecule has 4 rings (SSSR count). The van der Waals surface area contributed by atoms with Gasteiger partial charge in [-0.15, -0.1) is 0 Å². The highest BCUT2D eigenvalue weighted by atomic mass is 19.2. The zero-order valence-electron chi connectivity index (χ0n) is 18.2. The van der Waals surface area contributed by atoms with E-state index in [-0.39, 0.29) is 10.9 Å². The fourth-order valence-corrected chi connectivity index (χ4v) is 3.37. The molecular formula is C29H18F4O. The molecule has 0 aliphatic carbocycles. The van der Waals surface area contributed by atoms with Crippen molar-refractivity contribution in [2.75, 3.05) is 13.7 Å². The molecule has 0 amide bonds. The molecule has 168 valence electrons. The molecule has 0 saturated carbocycles. The topological polar surface area (TPSA) is 9.23 Å². The van der Waals surface area contributed by atoms with Crippen molar-refractivity contribution < 1.29 is 22.3 Å². The molecule has 0 radical (unpaired) electrons. The van der Waals surface area contributed by atoms with Gasteiger partial charge in [0.25, 0.3) is 0 Å². The number of ether oxygens (including phenoxy) is 1. The fourth-order valence-electron chi connectivity index (χ4n) is 3.37. The van der Waals surface area contributed by atoms with Crippen LogP contribution in [0.25, 0.3) is 10.8 Å². The summed E-state index contributed by atoms with van der Waals surface area (Å²) >= 11 is 0. The van der Waals surface area contributed by atoms with Crippen molar-refractivity contribution in [3.05, 3.63) is 118 Å². The van der Waals surface area contributed by atoms with E-state index in [1.807, 2.05) is 0 Å². The maximum atomic E-state index is 14.3. The van der Waals surface area contributed by atoms with Crippen LogP contribution < -0.4 is 0 Å². The Morgan fingerprint density at radius 3 is 1.88 bits per heavy atom. The monoisotopic (exact) mass is 458 g/mol. The van der Waals surface area contributed by atoms with Gasteiger partial charge in [-0.05, 0) is 72.0 Å². The number of rotatable bonds is 3. The molecule has 0 N–H and O–H groups in total. The molecular weight excluding hydrogens is 440 g/mol. The van der Waals surface area contributed by atoms with E-state index < -0.39 is 23.3 Å². The molecule has 34 heavy (non-hydrogen) atoms. The minimum atomic E-state index is -0.890. The van der Waals surface area contributed by atoms with Crippen LogP contribution >= 0.6 is 0 Å². The summed E-state index contributed by atoms with van der Waals surface area (Å²) in [5, 5.41) is 0.758. The Hall–Kier alpha value is -4.06. The second kappa shape index (κ2) is 10.3. The number of halogens is 4. The van der Waals surface area contributed by atoms with Crippen molar-refractivity contribution in [1.29, 1.82) is 0 Å². The van der Waals surface area contributed by atoms with Crippen molar-refractivity contribution in [3.63, 3.8) is 0 Å². The first-order valence-electron chi connectivity index (χ1n) is 10.4. The van der Waals surface area contributed by atoms with Crippen LogP contribution in [-0.4, -0.2) is 13.7 Å². The van der Waals surface area contributed by atoms with Gasteiger partial charge >= 0.3 is 0 Å². The van der Waals surface area contributed by atoms with Crippen LogP contribution in [-0.2, 0) is 11.2 Å². The van der Waals surface area contributed by atoms with E-state index in [4.69, 9.17) is 4.74 Å². The second-order valence-corrected chi connectivity index (χ2v) is 7.55. The van der Waals surface area contributed by atoms with Crippen LogP contribution in [0, 0.1) is 47.0 Å². The molecule has 0 heterocycles. The average molecular weight is 458 g/mol. The highest BCUT2D eigenvalue weighted by molar-refractivity contribution is 5.84. The summed E-state index contributed by atoms with van der Waals surface area (Å²) in [7, 11) is 1.53. The van der Waals surface area contributed by atoms with E-state index in [1.165, 1.54) is 31.4 Å². The third-order valence-corrected chi connectivity index (χ3v) is 5.17. The normalized spacial score (nSPS) is 10.4. The van der Waals surface area contributed by atoms with Crippen molar-refractivity contribution >= 4 is 10.8 Å². The Morgan fingerprint density at radius 2 is 1.24 bits per heavy atom. The molecule has 0 spiro atoms. The number of hydrogen-bond acceptors (Lipinski definition) is 1. The van der Waals surface area contributed by atoms with E-state index >= 15 is 0 Å². The largest absolute Gasteiger partial charge is 0.384 e. The summed E-state index contributed by atoms with van der Waals surface area (Å²) in [6.07, 6.45) is 0.412. The van der Waals surface area contributed by atoms with E-state index in [0.717, 1.165) is 6.07 Å². The van der Waals surface area contributed by atoms with Crippen molar-refractivity contribution in [1.82, 2.24) is 0 Å². The van der Waals surface area contributed by atoms with Crippen molar-refractivity contribution in [2.24, 2.45) is 0 Å². The minimum Gasteiger partial charge on any atom is -0.384 e. The molecule has 0 aliphatic heterocycles. The lowest BCUT2D eigenvalue weighted by Gasteiger charge is -2.03. The molecule has 0 aliphatic rings. The molecule has 1 nitrogen and oxygen atoms in total. The number of fused-ring (bicyclic) bond motifs is 1. The number of methoxy groups -OCH3 is 1. The highest BCUT2D eigenvalue weighted by Crippen LogP contribution is 2.21. The zero-order chi connectivity index (χ0) is 24.1. The molecule has 0 aromatic heterocycles. The fraction of sp³-hybridized carbons (Fsp3) is 0.103. The van der Waals surface area contributed by atoms with E-state index in [0.29, 0.717) is 40.7 Å². The van der Waals surface area contributed by atoms with Gasteiger partial charge in [-0.25, -0.2) is 17.6 Å². The summed E-state index contributed by atoms with van der Waals surface area (Å²) < 4.78 is 60.6. The molecule has 0 unspecified atom stereocenters. The average Bonchev–Trinajstić information content (AvgIpc) is 2.84. The van der Waals surface area contributed by atoms with Gasteiger partial charge in [-0.3, -0.25) is 0 Å². The van der Waals surface area contributed by atoms with Gasteiger partial charge in [0, 0.05) is 29.2 Å². The molecule has 0 atom stereocenters. The smallest absolute Gasteiger partial charge is 0.166 e. The van der Waals surface area contributed by atoms with Crippen LogP contribution in [0.2, 0.25) is 0 Å². The summed E-state index contributed by atoms with van der Waals surface area (Å²) in [5.74, 6) is 8.13. The van der Waals surface area contributed by atoms with Crippen LogP contribution in [0.4, 0.5) is 17.6 Å². The molecule has 5 heteroatoms. The van der Waals surface area contributed by atoms with Crippen molar-refractivity contribution in [2.45, 2.75) is 6.42 Å². The van der Waals surface area contributed by atoms with Crippen molar-refractivity contribution in [3.8, 4) is 23.7 Å². The van der Waals surface area contributed by atoms with E-state index in [1.54, 1.807) is 36.4 Å². The molecule has 0 bridgehead atoms. The zero-order valence-corrected chi connectivity index (χ0v) is 18.2. The number of hydrogen-bond donors (Lipinski definition) is 0. The molecule has 0 fully saturated rings. The standard InChI is InChI=1S/C29H18F4O/c1-34-15-14-22-17-27(31)25(28(32)18-22)12-8-20-4-2-19(3-5-20)6-7-21-9-11-24-23(16-21)10-13-26(30)29(24)33/h2-5,9-11,13,16-18H,14-15H2,1H3. The molecule has 0 saturated heterocycles. The summed E-state index contributed by atoms with van der Waals surface area (Å²) in [4.78, 5) is 0. The van der Waals surface area contributed by atoms with E-state index in [2.05, 4.69) is 23.7 Å². The SMILES string of the molecule is COCCc1cc(F)c(C#Cc2ccc(C#Cc3ccc4c(F)c(F)ccc4c3)cc2)c(F)c1. The molecule has 4 aromatic rings. The third kappa shape index (κ3) is 5.29. The first-order chi connectivity index (χ1) is 16.4. The van der Waals surface area contributed by atoms with E-state index in [9.17, 15) is 17.6 Å². The summed E-state index contributed by atoms with van der Waals surface area (Å²) in [5.41, 5.74) is 2.17. The highest BCUT2D eigenvalue weighted by Gasteiger charge is 2.09. The minimum absolute atomic E-state index is 0.200. The Balaban J connectivity index is 1.51. The van der Waals surface area contributed by atoms with Gasteiger partial charge < -0.3 is 4.74 Å². The second-order valence-electron chi connectivity index (χ2n) is 7.55. The lowest BCUT2D eigenvalue weighted by atomic mass is 10.1. The maximum Gasteiger partial charge on any atom is 0.166 e. The Bertz CT molecular complexity index is 1460. The first kappa shape index (κ1) is 23.1. The van der Waals surface area contributed by atoms with Gasteiger partial charge in [0.2, 0.25) is 0 Å². The van der Waals surface area contributed by atoms with Crippen LogP contribution in [0.15, 0.2) is 66.7 Å². The van der Waals surface area contributed by atoms with Crippen LogP contribution in [0.1, 0.15) is 27.8 Å². The predicted molar refractivity (Wildman–Crippen MR) is 124 cm³/mol. The lowest BCUT2D eigenvalue weighted by Crippen LogP contribution is -1.99. The Morgan fingerprint density at radius 1 is 0.647 bits per heavy atom. The van der Waals surface area contributed by atoms with Gasteiger partial charge in [0.05, 0.1) is 12.2 Å². The van der Waals surface area contributed by atoms with Crippen LogP contribution in [0.5, 0.6) is 0 Å². The first-order valence-corrected chi connectivity index (χ1v) is 10.4. The predicted octanol–water partition coefficient (Wildman–Crippen LogP) is 6.38. The number of benzene rings is 4. The lowest BCUT2D eigenvalue weighted by molar-refractivity contribution is 0.202. The van der Waals surface area contributed by atoms with Gasteiger partial charge in [-0.2, -0.15) is 0 Å². The Kier molecular flexibility index (Phi) is 6.97. The third-order valence-electron chi connectivity index (χ3n) is 5.17. The summed E-state index contributed by atoms with van der Waals surface area (Å²) in [6.45, 7) is 0.374. The molecule has 4 aromatic carbocycles. The van der Waals surface area contributed by atoms with Gasteiger partial charge in [-0.1, -0.05) is 35.8 Å². The summed E-state index contributed by atoms with van der Waals surface area (Å²) in [6, 6.07) is 16.8. The quantitative estimate of drug-likeness (QED) is 0.256. The van der Waals surface area contributed by atoms with Gasteiger partial charge in [0.15, 0.2) is 11.6 Å². The van der Waals surface area contributed by atoms with Gasteiger partial charge in [0.1, 0.15) is 11.6 Å². The Labute approximate surface area is 195 Å². The maximum absolute atomic E-state index is 14.3.